The zero-order valence-corrected chi connectivity index (χ0v) is 8.87. The maximum atomic E-state index is 10.2. The van der Waals surface area contributed by atoms with Gasteiger partial charge < -0.3 is 4.74 Å². The lowest BCUT2D eigenvalue weighted by Gasteiger charge is -2.17. The van der Waals surface area contributed by atoms with Crippen LogP contribution in [-0.2, 0) is 4.79 Å². The van der Waals surface area contributed by atoms with E-state index in [1.54, 1.807) is 6.20 Å². The maximum Gasteiger partial charge on any atom is 0.298 e. The highest BCUT2D eigenvalue weighted by molar-refractivity contribution is 5.44. The number of pyridine rings is 1. The molecule has 0 amide bonds. The van der Waals surface area contributed by atoms with Crippen molar-refractivity contribution in [2.24, 2.45) is 11.8 Å². The van der Waals surface area contributed by atoms with E-state index in [0.717, 1.165) is 11.6 Å². The van der Waals surface area contributed by atoms with Gasteiger partial charge in [0.05, 0.1) is 6.20 Å². The summed E-state index contributed by atoms with van der Waals surface area (Å²) in [6, 6.07) is 3.78. The lowest BCUT2D eigenvalue weighted by atomic mass is 9.90. The molecule has 3 heteroatoms. The fraction of sp³-hybridized carbons (Fsp3) is 0.385. The second kappa shape index (κ2) is 3.74. The molecule has 0 spiro atoms. The van der Waals surface area contributed by atoms with Gasteiger partial charge in [-0.05, 0) is 36.8 Å². The molecule has 1 fully saturated rings. The van der Waals surface area contributed by atoms with Crippen LogP contribution in [0.4, 0.5) is 0 Å². The molecule has 3 rings (SSSR count). The van der Waals surface area contributed by atoms with Crippen molar-refractivity contribution in [3.05, 3.63) is 36.2 Å². The van der Waals surface area contributed by atoms with E-state index >= 15 is 0 Å². The van der Waals surface area contributed by atoms with Crippen LogP contribution in [0.3, 0.4) is 0 Å². The minimum atomic E-state index is 0.428. The summed E-state index contributed by atoms with van der Waals surface area (Å²) >= 11 is 0. The molecule has 3 unspecified atom stereocenters. The number of allylic oxidation sites excluding steroid dienone is 2. The predicted molar refractivity (Wildman–Crippen MR) is 59.0 cm³/mol. The minimum Gasteiger partial charge on any atom is -0.427 e. The second-order valence-corrected chi connectivity index (χ2v) is 4.52. The lowest BCUT2D eigenvalue weighted by Crippen LogP contribution is -2.06. The van der Waals surface area contributed by atoms with E-state index in [4.69, 9.17) is 4.74 Å². The van der Waals surface area contributed by atoms with Gasteiger partial charge in [-0.3, -0.25) is 9.78 Å². The Morgan fingerprint density at radius 3 is 2.81 bits per heavy atom. The number of carbonyl (C=O) groups is 1. The Hall–Kier alpha value is -1.64. The second-order valence-electron chi connectivity index (χ2n) is 4.52. The molecule has 2 bridgehead atoms. The quantitative estimate of drug-likeness (QED) is 0.573. The number of hydrogen-bond acceptors (Lipinski definition) is 3. The van der Waals surface area contributed by atoms with E-state index in [0.29, 0.717) is 24.1 Å². The molecule has 0 aromatic carbocycles. The van der Waals surface area contributed by atoms with Gasteiger partial charge in [0.15, 0.2) is 0 Å². The van der Waals surface area contributed by atoms with Crippen LogP contribution in [0, 0.1) is 11.8 Å². The number of rotatable bonds is 3. The summed E-state index contributed by atoms with van der Waals surface area (Å²) < 4.78 is 4.73. The van der Waals surface area contributed by atoms with Gasteiger partial charge in [-0.1, -0.05) is 12.2 Å². The molecular weight excluding hydrogens is 202 g/mol. The lowest BCUT2D eigenvalue weighted by molar-refractivity contribution is -0.120. The zero-order chi connectivity index (χ0) is 11.0. The molecule has 16 heavy (non-hydrogen) atoms. The number of ether oxygens (including phenoxy) is 1. The third-order valence-electron chi connectivity index (χ3n) is 3.60. The standard InChI is InChI=1S/C13H13NO2/c15-8-16-11-3-4-13(14-7-11)12-6-9-1-2-10(12)5-9/h1-4,7-10,12H,5-6H2. The van der Waals surface area contributed by atoms with Crippen LogP contribution in [-0.4, -0.2) is 11.5 Å². The SMILES string of the molecule is O=COc1ccc(C2CC3C=CC2C3)nc1. The Morgan fingerprint density at radius 2 is 2.25 bits per heavy atom. The van der Waals surface area contributed by atoms with Gasteiger partial charge in [-0.2, -0.15) is 0 Å². The minimum absolute atomic E-state index is 0.428. The first-order valence-electron chi connectivity index (χ1n) is 5.61. The van der Waals surface area contributed by atoms with Crippen LogP contribution in [0.1, 0.15) is 24.5 Å². The number of aromatic nitrogens is 1. The van der Waals surface area contributed by atoms with E-state index in [-0.39, 0.29) is 0 Å². The van der Waals surface area contributed by atoms with E-state index in [2.05, 4.69) is 17.1 Å². The van der Waals surface area contributed by atoms with Gasteiger partial charge in [0.2, 0.25) is 0 Å². The number of hydrogen-bond donors (Lipinski definition) is 0. The van der Waals surface area contributed by atoms with Gasteiger partial charge in [-0.25, -0.2) is 0 Å². The summed E-state index contributed by atoms with van der Waals surface area (Å²) in [6.45, 7) is 0.428. The van der Waals surface area contributed by atoms with Gasteiger partial charge in [-0.15, -0.1) is 0 Å². The Morgan fingerprint density at radius 1 is 1.31 bits per heavy atom. The molecule has 1 aromatic heterocycles. The topological polar surface area (TPSA) is 39.2 Å². The van der Waals surface area contributed by atoms with Crippen LogP contribution in [0.15, 0.2) is 30.5 Å². The summed E-state index contributed by atoms with van der Waals surface area (Å²) in [6.07, 6.45) is 8.75. The Balaban J connectivity index is 1.80. The van der Waals surface area contributed by atoms with Crippen molar-refractivity contribution in [3.63, 3.8) is 0 Å². The molecule has 0 saturated heterocycles. The molecule has 3 atom stereocenters. The Kier molecular flexibility index (Phi) is 2.24. The number of nitrogens with zero attached hydrogens (tertiary/aromatic N) is 1. The molecule has 2 aliphatic rings. The summed E-state index contributed by atoms with van der Waals surface area (Å²) in [5.74, 6) is 2.48. The molecule has 82 valence electrons. The Labute approximate surface area is 94.1 Å². The van der Waals surface area contributed by atoms with Crippen molar-refractivity contribution in [2.75, 3.05) is 0 Å². The van der Waals surface area contributed by atoms with Crippen LogP contribution >= 0.6 is 0 Å². The molecule has 1 aromatic rings. The van der Waals surface area contributed by atoms with Gasteiger partial charge in [0.1, 0.15) is 5.75 Å². The monoisotopic (exact) mass is 215 g/mol. The van der Waals surface area contributed by atoms with E-state index in [1.807, 2.05) is 12.1 Å². The van der Waals surface area contributed by atoms with Gasteiger partial charge in [0.25, 0.3) is 6.47 Å². The molecule has 2 aliphatic carbocycles. The molecule has 1 heterocycles. The van der Waals surface area contributed by atoms with Crippen molar-refractivity contribution in [1.82, 2.24) is 4.98 Å². The number of carbonyl (C=O) groups excluding carboxylic acids is 1. The molecule has 3 nitrogen and oxygen atoms in total. The zero-order valence-electron chi connectivity index (χ0n) is 8.87. The van der Waals surface area contributed by atoms with Crippen molar-refractivity contribution in [1.29, 1.82) is 0 Å². The first kappa shape index (κ1) is 9.58. The largest absolute Gasteiger partial charge is 0.427 e. The van der Waals surface area contributed by atoms with E-state index in [1.165, 1.54) is 12.8 Å². The fourth-order valence-corrected chi connectivity index (χ4v) is 2.86. The average Bonchev–Trinajstić information content (AvgIpc) is 2.92. The third kappa shape index (κ3) is 1.52. The first-order valence-corrected chi connectivity index (χ1v) is 5.61. The van der Waals surface area contributed by atoms with Crippen LogP contribution in [0.2, 0.25) is 0 Å². The van der Waals surface area contributed by atoms with Crippen molar-refractivity contribution >= 4 is 6.47 Å². The normalized spacial score (nSPS) is 30.6. The highest BCUT2D eigenvalue weighted by atomic mass is 16.5. The fourth-order valence-electron chi connectivity index (χ4n) is 2.86. The van der Waals surface area contributed by atoms with E-state index in [9.17, 15) is 4.79 Å². The summed E-state index contributed by atoms with van der Waals surface area (Å²) in [5, 5.41) is 0. The summed E-state index contributed by atoms with van der Waals surface area (Å²) in [7, 11) is 0. The molecule has 0 radical (unpaired) electrons. The van der Waals surface area contributed by atoms with Crippen molar-refractivity contribution in [2.45, 2.75) is 18.8 Å². The smallest absolute Gasteiger partial charge is 0.298 e. The van der Waals surface area contributed by atoms with Crippen molar-refractivity contribution < 1.29 is 9.53 Å². The van der Waals surface area contributed by atoms with Crippen LogP contribution < -0.4 is 4.74 Å². The highest BCUT2D eigenvalue weighted by Gasteiger charge is 2.36. The molecule has 0 aliphatic heterocycles. The third-order valence-corrected chi connectivity index (χ3v) is 3.60. The Bertz CT molecular complexity index is 424. The highest BCUT2D eigenvalue weighted by Crippen LogP contribution is 2.48. The summed E-state index contributed by atoms with van der Waals surface area (Å²) in [4.78, 5) is 14.5. The maximum absolute atomic E-state index is 10.2. The predicted octanol–water partition coefficient (Wildman–Crippen LogP) is 2.30. The average molecular weight is 215 g/mol. The number of fused-ring (bicyclic) bond motifs is 2. The van der Waals surface area contributed by atoms with Crippen molar-refractivity contribution in [3.8, 4) is 5.75 Å². The molecule has 0 N–H and O–H groups in total. The van der Waals surface area contributed by atoms with Gasteiger partial charge >= 0.3 is 0 Å². The van der Waals surface area contributed by atoms with Crippen LogP contribution in [0.5, 0.6) is 5.75 Å². The molecule has 1 saturated carbocycles. The first-order chi connectivity index (χ1) is 7.86. The summed E-state index contributed by atoms with van der Waals surface area (Å²) in [5.41, 5.74) is 1.12. The van der Waals surface area contributed by atoms with Gasteiger partial charge in [0, 0.05) is 11.6 Å². The van der Waals surface area contributed by atoms with E-state index < -0.39 is 0 Å². The molecular formula is C13H13NO2. The van der Waals surface area contributed by atoms with Crippen LogP contribution in [0.25, 0.3) is 0 Å².